The summed E-state index contributed by atoms with van der Waals surface area (Å²) < 4.78 is 0. The zero-order valence-electron chi connectivity index (χ0n) is 13.5. The Bertz CT molecular complexity index is 692. The van der Waals surface area contributed by atoms with Gasteiger partial charge in [-0.3, -0.25) is 9.98 Å². The van der Waals surface area contributed by atoms with Crippen molar-refractivity contribution in [2.75, 3.05) is 0 Å². The fourth-order valence-corrected chi connectivity index (χ4v) is 2.48. The molecule has 3 heteroatoms. The normalized spacial score (nSPS) is 12.6. The topological polar surface area (TPSA) is 24.7 Å². The molecule has 0 amide bonds. The second-order valence-corrected chi connectivity index (χ2v) is 6.02. The smallest absolute Gasteiger partial charge is 0.0687 e. The molecule has 0 unspecified atom stereocenters. The van der Waals surface area contributed by atoms with E-state index in [0.29, 0.717) is 0 Å². The van der Waals surface area contributed by atoms with E-state index in [2.05, 4.69) is 37.0 Å². The minimum Gasteiger partial charge on any atom is -0.258 e. The first-order valence-corrected chi connectivity index (χ1v) is 7.73. The van der Waals surface area contributed by atoms with Crippen LogP contribution in [0.15, 0.2) is 52.4 Å². The molecule has 2 rings (SSSR count). The van der Waals surface area contributed by atoms with E-state index in [4.69, 9.17) is 16.6 Å². The molecule has 0 aliphatic carbocycles. The first-order valence-electron chi connectivity index (χ1n) is 7.36. The molecule has 0 atom stereocenters. The summed E-state index contributed by atoms with van der Waals surface area (Å²) in [7, 11) is 0. The third-order valence-electron chi connectivity index (χ3n) is 3.40. The molecule has 0 aliphatic heterocycles. The number of nitrogens with zero attached hydrogens (tertiary/aromatic N) is 2. The monoisotopic (exact) mass is 312 g/mol. The minimum absolute atomic E-state index is 0.726. The van der Waals surface area contributed by atoms with Gasteiger partial charge >= 0.3 is 0 Å². The Morgan fingerprint density at radius 1 is 0.864 bits per heavy atom. The van der Waals surface area contributed by atoms with Crippen LogP contribution in [-0.4, -0.2) is 11.4 Å². The van der Waals surface area contributed by atoms with Gasteiger partial charge in [0.1, 0.15) is 0 Å². The number of benzene rings is 2. The van der Waals surface area contributed by atoms with Crippen molar-refractivity contribution in [1.82, 2.24) is 0 Å². The number of aliphatic imine (C=N–C) groups is 2. The van der Waals surface area contributed by atoms with E-state index in [-0.39, 0.29) is 0 Å². The predicted molar refractivity (Wildman–Crippen MR) is 97.5 cm³/mol. The van der Waals surface area contributed by atoms with Gasteiger partial charge in [-0.05, 0) is 63.1 Å². The van der Waals surface area contributed by atoms with Crippen LogP contribution in [0.25, 0.3) is 0 Å². The van der Waals surface area contributed by atoms with Gasteiger partial charge in [0.25, 0.3) is 0 Å². The fraction of sp³-hybridized carbons (Fsp3) is 0.263. The van der Waals surface area contributed by atoms with E-state index in [1.807, 2.05) is 38.1 Å². The minimum atomic E-state index is 0.726. The third-order valence-corrected chi connectivity index (χ3v) is 3.65. The summed E-state index contributed by atoms with van der Waals surface area (Å²) in [5.74, 6) is 0. The molecule has 0 aliphatic rings. The van der Waals surface area contributed by atoms with Crippen molar-refractivity contribution in [1.29, 1.82) is 0 Å². The van der Waals surface area contributed by atoms with Gasteiger partial charge in [-0.25, -0.2) is 0 Å². The van der Waals surface area contributed by atoms with Crippen molar-refractivity contribution in [3.8, 4) is 0 Å². The van der Waals surface area contributed by atoms with Gasteiger partial charge < -0.3 is 0 Å². The van der Waals surface area contributed by atoms with E-state index in [0.717, 1.165) is 34.2 Å². The first-order chi connectivity index (χ1) is 10.5. The van der Waals surface area contributed by atoms with Gasteiger partial charge in [-0.15, -0.1) is 0 Å². The highest BCUT2D eigenvalue weighted by Crippen LogP contribution is 2.23. The van der Waals surface area contributed by atoms with Crippen molar-refractivity contribution in [2.45, 2.75) is 34.1 Å². The Morgan fingerprint density at radius 3 is 2.00 bits per heavy atom. The van der Waals surface area contributed by atoms with Crippen LogP contribution in [0.1, 0.15) is 31.4 Å². The van der Waals surface area contributed by atoms with Crippen LogP contribution >= 0.6 is 11.6 Å². The van der Waals surface area contributed by atoms with Crippen LogP contribution in [0.5, 0.6) is 0 Å². The summed E-state index contributed by atoms with van der Waals surface area (Å²) in [6, 6.07) is 13.8. The van der Waals surface area contributed by atoms with E-state index in [1.54, 1.807) is 0 Å². The summed E-state index contributed by atoms with van der Waals surface area (Å²) in [5, 5.41) is 0.726. The quantitative estimate of drug-likeness (QED) is 0.598. The molecule has 0 bridgehead atoms. The summed E-state index contributed by atoms with van der Waals surface area (Å²) in [6.07, 6.45) is 0.760. The summed E-state index contributed by atoms with van der Waals surface area (Å²) >= 11 is 5.88. The van der Waals surface area contributed by atoms with E-state index in [1.165, 1.54) is 11.1 Å². The molecule has 0 spiro atoms. The molecule has 114 valence electrons. The highest BCUT2D eigenvalue weighted by Gasteiger charge is 2.02. The lowest BCUT2D eigenvalue weighted by molar-refractivity contribution is 1.30. The van der Waals surface area contributed by atoms with Crippen molar-refractivity contribution in [3.63, 3.8) is 0 Å². The fourth-order valence-electron chi connectivity index (χ4n) is 2.36. The Balaban J connectivity index is 2.15. The van der Waals surface area contributed by atoms with Crippen molar-refractivity contribution < 1.29 is 0 Å². The summed E-state index contributed by atoms with van der Waals surface area (Å²) in [6.45, 7) is 8.26. The Hall–Kier alpha value is -1.93. The average Bonchev–Trinajstić information content (AvgIpc) is 2.45. The zero-order chi connectivity index (χ0) is 16.1. The maximum atomic E-state index is 5.88. The van der Waals surface area contributed by atoms with Crippen LogP contribution in [0.3, 0.4) is 0 Å². The summed E-state index contributed by atoms with van der Waals surface area (Å²) in [5.41, 5.74) is 6.49. The lowest BCUT2D eigenvalue weighted by Gasteiger charge is -2.07. The van der Waals surface area contributed by atoms with Crippen LogP contribution in [-0.2, 0) is 0 Å². The zero-order valence-corrected chi connectivity index (χ0v) is 14.3. The van der Waals surface area contributed by atoms with Crippen LogP contribution < -0.4 is 0 Å². The van der Waals surface area contributed by atoms with Gasteiger partial charge in [0.2, 0.25) is 0 Å². The average molecular weight is 313 g/mol. The van der Waals surface area contributed by atoms with E-state index in [9.17, 15) is 0 Å². The maximum absolute atomic E-state index is 5.88. The van der Waals surface area contributed by atoms with E-state index >= 15 is 0 Å². The van der Waals surface area contributed by atoms with Gasteiger partial charge in [0.05, 0.1) is 11.4 Å². The molecule has 0 heterocycles. The molecule has 2 aromatic carbocycles. The number of hydrogen-bond donors (Lipinski definition) is 0. The molecule has 0 N–H and O–H groups in total. The lowest BCUT2D eigenvalue weighted by Crippen LogP contribution is -2.00. The Labute approximate surface area is 137 Å². The first kappa shape index (κ1) is 16.4. The van der Waals surface area contributed by atoms with Crippen LogP contribution in [0, 0.1) is 13.8 Å². The standard InChI is InChI=1S/C19H21ClN2/c1-13-6-5-7-14(2)19(13)22-16(4)12-15(3)21-18-10-8-17(20)9-11-18/h5-11H,12H2,1-4H3. The molecular formula is C19H21ClN2. The molecule has 0 fully saturated rings. The number of rotatable bonds is 4. The molecule has 0 radical (unpaired) electrons. The summed E-state index contributed by atoms with van der Waals surface area (Å²) in [4.78, 5) is 9.37. The number of halogens is 1. The van der Waals surface area contributed by atoms with Gasteiger partial charge in [0.15, 0.2) is 0 Å². The number of aryl methyl sites for hydroxylation is 2. The molecule has 0 aromatic heterocycles. The second kappa shape index (κ2) is 7.37. The van der Waals surface area contributed by atoms with Crippen molar-refractivity contribution >= 4 is 34.4 Å². The number of para-hydroxylation sites is 1. The van der Waals surface area contributed by atoms with Crippen molar-refractivity contribution in [3.05, 3.63) is 58.6 Å². The van der Waals surface area contributed by atoms with Crippen LogP contribution in [0.4, 0.5) is 11.4 Å². The number of hydrogen-bond acceptors (Lipinski definition) is 2. The lowest BCUT2D eigenvalue weighted by atomic mass is 10.1. The Kier molecular flexibility index (Phi) is 5.51. The maximum Gasteiger partial charge on any atom is 0.0687 e. The third kappa shape index (κ3) is 4.54. The van der Waals surface area contributed by atoms with Gasteiger partial charge in [-0.1, -0.05) is 29.8 Å². The molecule has 2 aromatic rings. The molecule has 22 heavy (non-hydrogen) atoms. The predicted octanol–water partition coefficient (Wildman–Crippen LogP) is 6.23. The van der Waals surface area contributed by atoms with E-state index < -0.39 is 0 Å². The molecule has 0 saturated carbocycles. The van der Waals surface area contributed by atoms with Crippen LogP contribution in [0.2, 0.25) is 5.02 Å². The molecule has 0 saturated heterocycles. The highest BCUT2D eigenvalue weighted by molar-refractivity contribution is 6.30. The molecular weight excluding hydrogens is 292 g/mol. The van der Waals surface area contributed by atoms with Gasteiger partial charge in [0, 0.05) is 22.9 Å². The highest BCUT2D eigenvalue weighted by atomic mass is 35.5. The second-order valence-electron chi connectivity index (χ2n) is 5.59. The van der Waals surface area contributed by atoms with Crippen molar-refractivity contribution in [2.24, 2.45) is 9.98 Å². The Morgan fingerprint density at radius 2 is 1.41 bits per heavy atom. The van der Waals surface area contributed by atoms with Gasteiger partial charge in [-0.2, -0.15) is 0 Å². The largest absolute Gasteiger partial charge is 0.258 e. The molecule has 2 nitrogen and oxygen atoms in total. The SMILES string of the molecule is CC(CC(C)=Nc1c(C)cccc1C)=Nc1ccc(Cl)cc1.